The molecule has 422 valence electrons. The van der Waals surface area contributed by atoms with E-state index in [1.54, 1.807) is 0 Å². The van der Waals surface area contributed by atoms with Crippen molar-refractivity contribution < 1.29 is 28.6 Å². The standard InChI is InChI=1S/C67H118O6/c1-4-7-10-13-16-19-22-25-27-29-31-32-33-34-36-37-39-42-45-48-51-54-57-60-66(69)72-63-64(62-71-65(68)59-56-53-50-47-44-41-24-21-18-15-12-9-6-3)73-67(70)61-58-55-52-49-46-43-40-38-35-30-28-26-23-20-17-14-11-8-5-2/h9,12,17-18,20-21,26,28,35,38,41,44,64H,4-8,10-11,13-16,19,22-25,27,29-34,36-37,39-40,42-43,45-63H2,1-3H3/b12-9-,20-17-,21-18-,28-26-,38-35-,44-41-. The average molecular weight is 1020 g/mol. The summed E-state index contributed by atoms with van der Waals surface area (Å²) in [5.74, 6) is -0.918. The van der Waals surface area contributed by atoms with E-state index in [9.17, 15) is 14.4 Å². The van der Waals surface area contributed by atoms with Gasteiger partial charge in [-0.15, -0.1) is 0 Å². The van der Waals surface area contributed by atoms with E-state index in [0.29, 0.717) is 19.3 Å². The van der Waals surface area contributed by atoms with Gasteiger partial charge in [0.25, 0.3) is 0 Å². The summed E-state index contributed by atoms with van der Waals surface area (Å²) in [6, 6.07) is 0. The molecule has 0 saturated carbocycles. The molecule has 6 heteroatoms. The molecule has 0 aliphatic rings. The van der Waals surface area contributed by atoms with Crippen LogP contribution in [0.2, 0.25) is 0 Å². The van der Waals surface area contributed by atoms with Crippen molar-refractivity contribution in [2.24, 2.45) is 0 Å². The van der Waals surface area contributed by atoms with Crippen LogP contribution in [0.15, 0.2) is 72.9 Å². The van der Waals surface area contributed by atoms with Crippen LogP contribution in [0.1, 0.15) is 316 Å². The molecule has 0 N–H and O–H groups in total. The fourth-order valence-electron chi connectivity index (χ4n) is 9.00. The van der Waals surface area contributed by atoms with Crippen LogP contribution in [-0.4, -0.2) is 37.2 Å². The van der Waals surface area contributed by atoms with Gasteiger partial charge in [-0.25, -0.2) is 0 Å². The van der Waals surface area contributed by atoms with E-state index < -0.39 is 6.10 Å². The Balaban J connectivity index is 4.33. The smallest absolute Gasteiger partial charge is 0.306 e. The molecule has 0 rings (SSSR count). The predicted octanol–water partition coefficient (Wildman–Crippen LogP) is 21.3. The van der Waals surface area contributed by atoms with Crippen molar-refractivity contribution in [2.45, 2.75) is 322 Å². The van der Waals surface area contributed by atoms with Crippen molar-refractivity contribution in [3.05, 3.63) is 72.9 Å². The third kappa shape index (κ3) is 59.6. The number of hydrogen-bond donors (Lipinski definition) is 0. The largest absolute Gasteiger partial charge is 0.462 e. The zero-order chi connectivity index (χ0) is 52.9. The maximum absolute atomic E-state index is 12.9. The summed E-state index contributed by atoms with van der Waals surface area (Å²) in [5.41, 5.74) is 0. The quantitative estimate of drug-likeness (QED) is 0.0261. The SMILES string of the molecule is CC/C=C\C/C=C\C/C=C\CCCCCC(=O)OCC(COC(=O)CCCCCCCCCCCCCCCCCCCCCCCCC)OC(=O)CCCCCCCC/C=C\C/C=C\C/C=C\CCCCC. The molecule has 0 spiro atoms. The van der Waals surface area contributed by atoms with Crippen molar-refractivity contribution >= 4 is 17.9 Å². The lowest BCUT2D eigenvalue weighted by Gasteiger charge is -2.18. The average Bonchev–Trinajstić information content (AvgIpc) is 3.39. The third-order valence-corrected chi connectivity index (χ3v) is 13.7. The summed E-state index contributed by atoms with van der Waals surface area (Å²) in [6.07, 6.45) is 79.1. The highest BCUT2D eigenvalue weighted by molar-refractivity contribution is 5.71. The molecule has 1 atom stereocenters. The molecular weight excluding hydrogens is 901 g/mol. The zero-order valence-electron chi connectivity index (χ0n) is 48.4. The summed E-state index contributed by atoms with van der Waals surface area (Å²) in [5, 5.41) is 0. The molecule has 0 radical (unpaired) electrons. The Hall–Kier alpha value is -3.15. The lowest BCUT2D eigenvalue weighted by Crippen LogP contribution is -2.30. The summed E-state index contributed by atoms with van der Waals surface area (Å²) in [4.78, 5) is 38.2. The number of carbonyl (C=O) groups is 3. The van der Waals surface area contributed by atoms with Gasteiger partial charge in [-0.2, -0.15) is 0 Å². The van der Waals surface area contributed by atoms with E-state index >= 15 is 0 Å². The van der Waals surface area contributed by atoms with Gasteiger partial charge in [-0.3, -0.25) is 14.4 Å². The van der Waals surface area contributed by atoms with Gasteiger partial charge in [0, 0.05) is 19.3 Å². The molecular formula is C67H118O6. The molecule has 0 aromatic carbocycles. The van der Waals surface area contributed by atoms with Crippen LogP contribution in [-0.2, 0) is 28.6 Å². The fraction of sp³-hybridized carbons (Fsp3) is 0.776. The van der Waals surface area contributed by atoms with Crippen LogP contribution in [0.3, 0.4) is 0 Å². The number of carbonyl (C=O) groups excluding carboxylic acids is 3. The van der Waals surface area contributed by atoms with E-state index in [-0.39, 0.29) is 31.1 Å². The van der Waals surface area contributed by atoms with E-state index in [0.717, 1.165) is 109 Å². The van der Waals surface area contributed by atoms with Gasteiger partial charge in [0.1, 0.15) is 13.2 Å². The van der Waals surface area contributed by atoms with Crippen LogP contribution in [0.25, 0.3) is 0 Å². The molecule has 6 nitrogen and oxygen atoms in total. The molecule has 0 heterocycles. The van der Waals surface area contributed by atoms with Gasteiger partial charge in [0.15, 0.2) is 6.10 Å². The predicted molar refractivity (Wildman–Crippen MR) is 316 cm³/mol. The molecule has 0 aromatic rings. The van der Waals surface area contributed by atoms with E-state index in [4.69, 9.17) is 14.2 Å². The van der Waals surface area contributed by atoms with Crippen molar-refractivity contribution in [3.63, 3.8) is 0 Å². The second kappa shape index (κ2) is 61.4. The monoisotopic (exact) mass is 1020 g/mol. The molecule has 0 aliphatic heterocycles. The van der Waals surface area contributed by atoms with Gasteiger partial charge in [-0.1, -0.05) is 280 Å². The molecule has 0 fully saturated rings. The summed E-state index contributed by atoms with van der Waals surface area (Å²) >= 11 is 0. The lowest BCUT2D eigenvalue weighted by molar-refractivity contribution is -0.167. The highest BCUT2D eigenvalue weighted by Crippen LogP contribution is 2.17. The maximum atomic E-state index is 12.9. The Labute approximate surface area is 453 Å². The van der Waals surface area contributed by atoms with E-state index in [2.05, 4.69) is 93.7 Å². The number of hydrogen-bond acceptors (Lipinski definition) is 6. The second-order valence-electron chi connectivity index (χ2n) is 20.9. The van der Waals surface area contributed by atoms with E-state index in [1.165, 1.54) is 167 Å². The minimum absolute atomic E-state index is 0.0879. The van der Waals surface area contributed by atoms with Crippen LogP contribution >= 0.6 is 0 Å². The molecule has 1 unspecified atom stereocenters. The summed E-state index contributed by atoms with van der Waals surface area (Å²) < 4.78 is 16.9. The molecule has 0 amide bonds. The van der Waals surface area contributed by atoms with Crippen molar-refractivity contribution in [3.8, 4) is 0 Å². The van der Waals surface area contributed by atoms with Gasteiger partial charge < -0.3 is 14.2 Å². The van der Waals surface area contributed by atoms with Crippen LogP contribution in [0, 0.1) is 0 Å². The first-order valence-electron chi connectivity index (χ1n) is 31.4. The van der Waals surface area contributed by atoms with Crippen molar-refractivity contribution in [1.29, 1.82) is 0 Å². The Bertz CT molecular complexity index is 1360. The number of rotatable bonds is 57. The Morgan fingerprint density at radius 1 is 0.288 bits per heavy atom. The highest BCUT2D eigenvalue weighted by atomic mass is 16.6. The molecule has 73 heavy (non-hydrogen) atoms. The third-order valence-electron chi connectivity index (χ3n) is 13.7. The van der Waals surface area contributed by atoms with Crippen molar-refractivity contribution in [1.82, 2.24) is 0 Å². The Morgan fingerprint density at radius 2 is 0.534 bits per heavy atom. The Kier molecular flexibility index (Phi) is 58.7. The van der Waals surface area contributed by atoms with Gasteiger partial charge in [0.2, 0.25) is 0 Å². The maximum Gasteiger partial charge on any atom is 0.306 e. The van der Waals surface area contributed by atoms with Gasteiger partial charge >= 0.3 is 17.9 Å². The summed E-state index contributed by atoms with van der Waals surface area (Å²) in [7, 11) is 0. The first-order chi connectivity index (χ1) is 36.0. The van der Waals surface area contributed by atoms with Crippen LogP contribution < -0.4 is 0 Å². The van der Waals surface area contributed by atoms with Crippen LogP contribution in [0.4, 0.5) is 0 Å². The Morgan fingerprint density at radius 3 is 0.877 bits per heavy atom. The number of unbranched alkanes of at least 4 members (excludes halogenated alkanes) is 34. The molecule has 0 saturated heterocycles. The second-order valence-corrected chi connectivity index (χ2v) is 20.9. The topological polar surface area (TPSA) is 78.9 Å². The highest BCUT2D eigenvalue weighted by Gasteiger charge is 2.19. The minimum atomic E-state index is -0.794. The number of esters is 3. The lowest BCUT2D eigenvalue weighted by atomic mass is 10.0. The summed E-state index contributed by atoms with van der Waals surface area (Å²) in [6.45, 7) is 6.50. The molecule has 0 bridgehead atoms. The first kappa shape index (κ1) is 69.8. The minimum Gasteiger partial charge on any atom is -0.462 e. The van der Waals surface area contributed by atoms with Gasteiger partial charge in [-0.05, 0) is 89.9 Å². The first-order valence-corrected chi connectivity index (χ1v) is 31.4. The molecule has 0 aliphatic carbocycles. The normalized spacial score (nSPS) is 12.5. The molecule has 0 aromatic heterocycles. The van der Waals surface area contributed by atoms with Crippen LogP contribution in [0.5, 0.6) is 0 Å². The van der Waals surface area contributed by atoms with Gasteiger partial charge in [0.05, 0.1) is 0 Å². The number of allylic oxidation sites excluding steroid dienone is 12. The van der Waals surface area contributed by atoms with E-state index in [1.807, 2.05) is 0 Å². The van der Waals surface area contributed by atoms with Crippen molar-refractivity contribution in [2.75, 3.05) is 13.2 Å². The zero-order valence-corrected chi connectivity index (χ0v) is 48.4. The fourth-order valence-corrected chi connectivity index (χ4v) is 9.00. The number of ether oxygens (including phenoxy) is 3.